The van der Waals surface area contributed by atoms with Crippen molar-refractivity contribution in [3.63, 3.8) is 0 Å². The van der Waals surface area contributed by atoms with E-state index in [1.807, 2.05) is 42.6 Å². The summed E-state index contributed by atoms with van der Waals surface area (Å²) in [6.45, 7) is 0. The molecule has 0 aliphatic rings. The standard InChI is InChI=1S/C15H10Br2N2/c16-11-5-3-4-10(8-11)14-9-18-15(19-14)12-6-1-2-7-13(12)17/h1-9H,(H,18,19). The van der Waals surface area contributed by atoms with Crippen molar-refractivity contribution in [1.29, 1.82) is 0 Å². The van der Waals surface area contributed by atoms with Gasteiger partial charge in [-0.1, -0.05) is 62.2 Å². The van der Waals surface area contributed by atoms with Gasteiger partial charge < -0.3 is 4.98 Å². The first kappa shape index (κ1) is 12.6. The molecule has 3 rings (SSSR count). The third-order valence-electron chi connectivity index (χ3n) is 2.84. The topological polar surface area (TPSA) is 28.7 Å². The van der Waals surface area contributed by atoms with Crippen molar-refractivity contribution >= 4 is 31.9 Å². The summed E-state index contributed by atoms with van der Waals surface area (Å²) in [7, 11) is 0. The Morgan fingerprint density at radius 2 is 1.79 bits per heavy atom. The molecule has 0 radical (unpaired) electrons. The van der Waals surface area contributed by atoms with Gasteiger partial charge in [-0.05, 0) is 18.2 Å². The molecule has 1 N–H and O–H groups in total. The van der Waals surface area contributed by atoms with Gasteiger partial charge in [0.25, 0.3) is 0 Å². The first-order valence-corrected chi connectivity index (χ1v) is 7.38. The number of halogens is 2. The Labute approximate surface area is 128 Å². The van der Waals surface area contributed by atoms with Gasteiger partial charge in [-0.2, -0.15) is 0 Å². The van der Waals surface area contributed by atoms with Gasteiger partial charge in [0.15, 0.2) is 0 Å². The molecule has 2 nitrogen and oxygen atoms in total. The third-order valence-corrected chi connectivity index (χ3v) is 4.03. The van der Waals surface area contributed by atoms with Gasteiger partial charge in [-0.3, -0.25) is 0 Å². The number of aromatic nitrogens is 2. The first-order chi connectivity index (χ1) is 9.24. The first-order valence-electron chi connectivity index (χ1n) is 5.80. The second-order valence-corrected chi connectivity index (χ2v) is 5.91. The van der Waals surface area contributed by atoms with Crippen LogP contribution in [0.1, 0.15) is 0 Å². The Morgan fingerprint density at radius 1 is 0.947 bits per heavy atom. The van der Waals surface area contributed by atoms with Crippen LogP contribution in [0.4, 0.5) is 0 Å². The van der Waals surface area contributed by atoms with Gasteiger partial charge >= 0.3 is 0 Å². The Kier molecular flexibility index (Phi) is 3.53. The zero-order valence-corrected chi connectivity index (χ0v) is 13.1. The van der Waals surface area contributed by atoms with Gasteiger partial charge in [-0.15, -0.1) is 0 Å². The van der Waals surface area contributed by atoms with Gasteiger partial charge in [0.2, 0.25) is 0 Å². The van der Waals surface area contributed by atoms with Crippen LogP contribution in [0.2, 0.25) is 0 Å². The van der Waals surface area contributed by atoms with E-state index in [9.17, 15) is 0 Å². The molecule has 4 heteroatoms. The van der Waals surface area contributed by atoms with E-state index in [0.717, 1.165) is 31.6 Å². The minimum atomic E-state index is 0.863. The van der Waals surface area contributed by atoms with E-state index in [0.29, 0.717) is 0 Å². The molecule has 0 amide bonds. The maximum atomic E-state index is 4.45. The highest BCUT2D eigenvalue weighted by Crippen LogP contribution is 2.28. The monoisotopic (exact) mass is 376 g/mol. The molecule has 1 heterocycles. The summed E-state index contributed by atoms with van der Waals surface area (Å²) in [5.74, 6) is 0.863. The van der Waals surface area contributed by atoms with Crippen molar-refractivity contribution in [1.82, 2.24) is 9.97 Å². The molecule has 0 saturated heterocycles. The molecule has 0 saturated carbocycles. The Hall–Kier alpha value is -1.39. The Bertz CT molecular complexity index is 719. The number of aromatic amines is 1. The SMILES string of the molecule is Brc1cccc(-c2cnc(-c3ccccc3Br)[nH]2)c1. The van der Waals surface area contributed by atoms with E-state index in [-0.39, 0.29) is 0 Å². The molecule has 0 fully saturated rings. The lowest BCUT2D eigenvalue weighted by molar-refractivity contribution is 1.30. The lowest BCUT2D eigenvalue weighted by atomic mass is 10.2. The Morgan fingerprint density at radius 3 is 2.58 bits per heavy atom. The van der Waals surface area contributed by atoms with Crippen LogP contribution >= 0.6 is 31.9 Å². The number of rotatable bonds is 2. The van der Waals surface area contributed by atoms with Crippen molar-refractivity contribution in [2.75, 3.05) is 0 Å². The second kappa shape index (κ2) is 5.31. The Balaban J connectivity index is 2.03. The van der Waals surface area contributed by atoms with E-state index < -0.39 is 0 Å². The number of hydrogen-bond acceptors (Lipinski definition) is 1. The smallest absolute Gasteiger partial charge is 0.138 e. The van der Waals surface area contributed by atoms with E-state index in [1.165, 1.54) is 0 Å². The molecule has 3 aromatic rings. The van der Waals surface area contributed by atoms with E-state index >= 15 is 0 Å². The normalized spacial score (nSPS) is 10.6. The van der Waals surface area contributed by atoms with Crippen molar-refractivity contribution in [2.45, 2.75) is 0 Å². The predicted octanol–water partition coefficient (Wildman–Crippen LogP) is 5.27. The highest BCUT2D eigenvalue weighted by Gasteiger charge is 2.08. The summed E-state index contributed by atoms with van der Waals surface area (Å²) >= 11 is 7.02. The van der Waals surface area contributed by atoms with Crippen LogP contribution in [0.3, 0.4) is 0 Å². The molecule has 19 heavy (non-hydrogen) atoms. The van der Waals surface area contributed by atoms with Crippen LogP contribution in [-0.4, -0.2) is 9.97 Å². The van der Waals surface area contributed by atoms with Gasteiger partial charge in [0.1, 0.15) is 5.82 Å². The van der Waals surface area contributed by atoms with Crippen LogP contribution in [0.15, 0.2) is 63.7 Å². The van der Waals surface area contributed by atoms with Crippen molar-refractivity contribution in [3.8, 4) is 22.6 Å². The highest BCUT2D eigenvalue weighted by atomic mass is 79.9. The summed E-state index contributed by atoms with van der Waals surface area (Å²) < 4.78 is 2.09. The molecule has 0 aliphatic heterocycles. The summed E-state index contributed by atoms with van der Waals surface area (Å²) in [6, 6.07) is 16.2. The van der Waals surface area contributed by atoms with E-state index in [4.69, 9.17) is 0 Å². The molecule has 0 bridgehead atoms. The molecule has 94 valence electrons. The lowest BCUT2D eigenvalue weighted by Gasteiger charge is -2.00. The fourth-order valence-electron chi connectivity index (χ4n) is 1.91. The van der Waals surface area contributed by atoms with Crippen LogP contribution < -0.4 is 0 Å². The number of imidazole rings is 1. The quantitative estimate of drug-likeness (QED) is 0.647. The summed E-state index contributed by atoms with van der Waals surface area (Å²) in [4.78, 5) is 7.80. The molecule has 0 aliphatic carbocycles. The third kappa shape index (κ3) is 2.65. The second-order valence-electron chi connectivity index (χ2n) is 4.14. The van der Waals surface area contributed by atoms with Crippen LogP contribution in [-0.2, 0) is 0 Å². The number of hydrogen-bond donors (Lipinski definition) is 1. The van der Waals surface area contributed by atoms with Crippen LogP contribution in [0.5, 0.6) is 0 Å². The average Bonchev–Trinajstić information content (AvgIpc) is 2.89. The van der Waals surface area contributed by atoms with Crippen molar-refractivity contribution < 1.29 is 0 Å². The van der Waals surface area contributed by atoms with Gasteiger partial charge in [-0.25, -0.2) is 4.98 Å². The van der Waals surface area contributed by atoms with Gasteiger partial charge in [0, 0.05) is 20.1 Å². The number of H-pyrrole nitrogens is 1. The summed E-state index contributed by atoms with van der Waals surface area (Å²) in [5, 5.41) is 0. The molecular formula is C15H10Br2N2. The van der Waals surface area contributed by atoms with E-state index in [2.05, 4.69) is 54.0 Å². The fraction of sp³-hybridized carbons (Fsp3) is 0. The minimum absolute atomic E-state index is 0.863. The maximum absolute atomic E-state index is 4.45. The molecule has 0 atom stereocenters. The number of nitrogens with one attached hydrogen (secondary N) is 1. The van der Waals surface area contributed by atoms with Crippen molar-refractivity contribution in [3.05, 3.63) is 63.7 Å². The zero-order chi connectivity index (χ0) is 13.2. The number of nitrogens with zero attached hydrogens (tertiary/aromatic N) is 1. The molecule has 2 aromatic carbocycles. The largest absolute Gasteiger partial charge is 0.338 e. The van der Waals surface area contributed by atoms with Gasteiger partial charge in [0.05, 0.1) is 11.9 Å². The summed E-state index contributed by atoms with van der Waals surface area (Å²) in [5.41, 5.74) is 3.18. The maximum Gasteiger partial charge on any atom is 0.138 e. The predicted molar refractivity (Wildman–Crippen MR) is 84.9 cm³/mol. The van der Waals surface area contributed by atoms with Crippen LogP contribution in [0, 0.1) is 0 Å². The number of benzene rings is 2. The molecule has 0 unspecified atom stereocenters. The molecule has 0 spiro atoms. The molecule has 1 aromatic heterocycles. The summed E-state index contributed by atoms with van der Waals surface area (Å²) in [6.07, 6.45) is 1.86. The van der Waals surface area contributed by atoms with Crippen molar-refractivity contribution in [2.24, 2.45) is 0 Å². The van der Waals surface area contributed by atoms with E-state index in [1.54, 1.807) is 0 Å². The van der Waals surface area contributed by atoms with Crippen LogP contribution in [0.25, 0.3) is 22.6 Å². The molecular weight excluding hydrogens is 368 g/mol. The zero-order valence-electron chi connectivity index (χ0n) is 9.90. The lowest BCUT2D eigenvalue weighted by Crippen LogP contribution is -1.82. The fourth-order valence-corrected chi connectivity index (χ4v) is 2.79. The highest BCUT2D eigenvalue weighted by molar-refractivity contribution is 9.10. The average molecular weight is 378 g/mol. The minimum Gasteiger partial charge on any atom is -0.338 e.